The average molecular weight is 409 g/mol. The van der Waals surface area contributed by atoms with Gasteiger partial charge >= 0.3 is 0 Å². The fourth-order valence-electron chi connectivity index (χ4n) is 3.94. The Morgan fingerprint density at radius 2 is 1.67 bits per heavy atom. The van der Waals surface area contributed by atoms with Crippen LogP contribution in [0.2, 0.25) is 0 Å². The fourth-order valence-corrected chi connectivity index (χ4v) is 3.94. The molecule has 2 fully saturated rings. The van der Waals surface area contributed by atoms with E-state index in [0.717, 1.165) is 15.9 Å². The number of hydrogen-bond donors (Lipinski definition) is 0. The number of nitrogens with zero attached hydrogens (tertiary/aromatic N) is 1. The minimum absolute atomic E-state index is 0.213. The van der Waals surface area contributed by atoms with Crippen LogP contribution in [0.4, 0.5) is 0 Å². The van der Waals surface area contributed by atoms with E-state index in [2.05, 4.69) is 6.58 Å². The van der Waals surface area contributed by atoms with Crippen molar-refractivity contribution in [2.24, 2.45) is 0 Å². The minimum atomic E-state index is -1.17. The highest BCUT2D eigenvalue weighted by Gasteiger charge is 2.64. The average Bonchev–Trinajstić information content (AvgIpc) is 3.14. The second kappa shape index (κ2) is 8.32. The van der Waals surface area contributed by atoms with E-state index in [1.54, 1.807) is 6.08 Å². The molecular weight excluding hydrogens is 382 g/mol. The maximum atomic E-state index is 12.6. The van der Waals surface area contributed by atoms with Gasteiger partial charge in [0.25, 0.3) is 0 Å². The Balaban J connectivity index is 1.57. The molecule has 0 radical (unpaired) electrons. The molecule has 30 heavy (non-hydrogen) atoms. The Morgan fingerprint density at radius 3 is 2.30 bits per heavy atom. The van der Waals surface area contributed by atoms with Crippen LogP contribution in [0.15, 0.2) is 73.3 Å². The Bertz CT molecular complexity index is 898. The molecule has 2 aliphatic heterocycles. The van der Waals surface area contributed by atoms with Gasteiger partial charge in [0, 0.05) is 5.56 Å². The standard InChI is InChI=1S/C24H27NO5/c1-4-24-22(29-23(2,3)30-24)21(27-17-19-13-9-6-10-14-19)20(28-24)16-25(26)15-18-11-7-5-8-12-18/h4-14,16,20-22H,1,15,17H2,2-3H3/b25-16-/t20-,21+,22-,24-/m0/s1. The van der Waals surface area contributed by atoms with E-state index >= 15 is 0 Å². The molecule has 2 aliphatic rings. The highest BCUT2D eigenvalue weighted by molar-refractivity contribution is 5.60. The third-order valence-corrected chi connectivity index (χ3v) is 5.22. The quantitative estimate of drug-likeness (QED) is 0.229. The van der Waals surface area contributed by atoms with Crippen molar-refractivity contribution in [3.8, 4) is 0 Å². The van der Waals surface area contributed by atoms with E-state index in [-0.39, 0.29) is 6.54 Å². The Morgan fingerprint density at radius 1 is 1.03 bits per heavy atom. The smallest absolute Gasteiger partial charge is 0.221 e. The van der Waals surface area contributed by atoms with Gasteiger partial charge in [-0.25, -0.2) is 4.74 Å². The topological polar surface area (TPSA) is 63.0 Å². The molecule has 0 aromatic heterocycles. The number of rotatable bonds is 7. The number of fused-ring (bicyclic) bond motifs is 1. The predicted octanol–water partition coefficient (Wildman–Crippen LogP) is 3.79. The van der Waals surface area contributed by atoms with Gasteiger partial charge in [-0.1, -0.05) is 67.2 Å². The van der Waals surface area contributed by atoms with E-state index < -0.39 is 29.9 Å². The summed E-state index contributed by atoms with van der Waals surface area (Å²) in [4.78, 5) is 0. The normalized spacial score (nSPS) is 30.2. The van der Waals surface area contributed by atoms with Gasteiger partial charge in [0.2, 0.25) is 5.79 Å². The number of ether oxygens (including phenoxy) is 4. The van der Waals surface area contributed by atoms with Gasteiger partial charge < -0.3 is 24.2 Å². The van der Waals surface area contributed by atoms with Crippen molar-refractivity contribution in [2.45, 2.75) is 56.9 Å². The summed E-state index contributed by atoms with van der Waals surface area (Å²) >= 11 is 0. The SMILES string of the molecule is C=C[C@@]12O[C@@H](/C=[N+](\[O-])Cc3ccccc3)[C@@H](OCc3ccccc3)[C@@H]1OC(C)(C)O2. The molecule has 2 aromatic rings. The van der Waals surface area contributed by atoms with Crippen LogP contribution in [0.25, 0.3) is 0 Å². The first kappa shape index (κ1) is 20.8. The number of hydroxylamine groups is 1. The van der Waals surface area contributed by atoms with Crippen molar-refractivity contribution in [3.05, 3.63) is 89.7 Å². The molecule has 2 aromatic carbocycles. The zero-order valence-electron chi connectivity index (χ0n) is 17.3. The molecule has 0 N–H and O–H groups in total. The summed E-state index contributed by atoms with van der Waals surface area (Å²) < 4.78 is 25.4. The Kier molecular flexibility index (Phi) is 5.75. The summed E-state index contributed by atoms with van der Waals surface area (Å²) in [6, 6.07) is 19.4. The van der Waals surface area contributed by atoms with Gasteiger partial charge in [-0.3, -0.25) is 0 Å². The van der Waals surface area contributed by atoms with Gasteiger partial charge in [-0.15, -0.1) is 0 Å². The molecule has 4 rings (SSSR count). The maximum Gasteiger partial charge on any atom is 0.221 e. The number of hydrogen-bond acceptors (Lipinski definition) is 5. The molecule has 2 saturated heterocycles. The van der Waals surface area contributed by atoms with E-state index in [1.165, 1.54) is 6.21 Å². The molecule has 6 heteroatoms. The fraction of sp³-hybridized carbons (Fsp3) is 0.375. The number of benzene rings is 2. The lowest BCUT2D eigenvalue weighted by Gasteiger charge is -2.25. The van der Waals surface area contributed by atoms with Gasteiger partial charge in [-0.2, -0.15) is 0 Å². The van der Waals surface area contributed by atoms with Gasteiger partial charge in [0.15, 0.2) is 24.7 Å². The molecular formula is C24H27NO5. The lowest BCUT2D eigenvalue weighted by atomic mass is 10.1. The lowest BCUT2D eigenvalue weighted by molar-refractivity contribution is -0.473. The molecule has 0 aliphatic carbocycles. The highest BCUT2D eigenvalue weighted by Crippen LogP contribution is 2.46. The van der Waals surface area contributed by atoms with E-state index in [0.29, 0.717) is 6.61 Å². The Hall–Kier alpha value is -2.51. The van der Waals surface area contributed by atoms with Crippen molar-refractivity contribution < 1.29 is 23.7 Å². The molecule has 158 valence electrons. The minimum Gasteiger partial charge on any atom is -0.624 e. The zero-order chi connectivity index (χ0) is 21.2. The molecule has 0 amide bonds. The zero-order valence-corrected chi connectivity index (χ0v) is 17.3. The van der Waals surface area contributed by atoms with E-state index in [1.807, 2.05) is 74.5 Å². The van der Waals surface area contributed by atoms with Crippen LogP contribution in [0.1, 0.15) is 25.0 Å². The second-order valence-corrected chi connectivity index (χ2v) is 8.02. The van der Waals surface area contributed by atoms with E-state index in [4.69, 9.17) is 18.9 Å². The van der Waals surface area contributed by atoms with Crippen molar-refractivity contribution in [2.75, 3.05) is 0 Å². The van der Waals surface area contributed by atoms with Gasteiger partial charge in [0.05, 0.1) is 6.61 Å². The third kappa shape index (κ3) is 4.32. The summed E-state index contributed by atoms with van der Waals surface area (Å²) in [5, 5.41) is 12.6. The summed E-state index contributed by atoms with van der Waals surface area (Å²) in [6.07, 6.45) is 1.36. The molecule has 4 atom stereocenters. The first-order valence-corrected chi connectivity index (χ1v) is 10.1. The van der Waals surface area contributed by atoms with Gasteiger partial charge in [0.1, 0.15) is 12.2 Å². The summed E-state index contributed by atoms with van der Waals surface area (Å²) in [7, 11) is 0. The highest BCUT2D eigenvalue weighted by atomic mass is 16.9. The van der Waals surface area contributed by atoms with Crippen LogP contribution >= 0.6 is 0 Å². The second-order valence-electron chi connectivity index (χ2n) is 8.02. The summed E-state index contributed by atoms with van der Waals surface area (Å²) in [6.45, 7) is 8.11. The molecule has 0 bridgehead atoms. The van der Waals surface area contributed by atoms with Crippen LogP contribution in [0, 0.1) is 5.21 Å². The maximum absolute atomic E-state index is 12.6. The first-order chi connectivity index (χ1) is 14.4. The molecule has 2 heterocycles. The van der Waals surface area contributed by atoms with Crippen LogP contribution in [0.3, 0.4) is 0 Å². The van der Waals surface area contributed by atoms with Crippen molar-refractivity contribution in [3.63, 3.8) is 0 Å². The summed E-state index contributed by atoms with van der Waals surface area (Å²) in [5.41, 5.74) is 1.93. The predicted molar refractivity (Wildman–Crippen MR) is 113 cm³/mol. The van der Waals surface area contributed by atoms with Crippen LogP contribution in [-0.4, -0.2) is 40.8 Å². The van der Waals surface area contributed by atoms with Crippen molar-refractivity contribution in [1.82, 2.24) is 0 Å². The van der Waals surface area contributed by atoms with E-state index in [9.17, 15) is 5.21 Å². The van der Waals surface area contributed by atoms with Crippen LogP contribution in [0.5, 0.6) is 0 Å². The largest absolute Gasteiger partial charge is 0.624 e. The third-order valence-electron chi connectivity index (χ3n) is 5.22. The van der Waals surface area contributed by atoms with Crippen LogP contribution in [-0.2, 0) is 32.1 Å². The molecule has 0 saturated carbocycles. The van der Waals surface area contributed by atoms with Crippen LogP contribution < -0.4 is 0 Å². The van der Waals surface area contributed by atoms with Crippen molar-refractivity contribution in [1.29, 1.82) is 0 Å². The van der Waals surface area contributed by atoms with Gasteiger partial charge in [-0.05, 0) is 25.5 Å². The summed E-state index contributed by atoms with van der Waals surface area (Å²) in [5.74, 6) is -2.01. The molecule has 6 nitrogen and oxygen atoms in total. The molecule has 0 unspecified atom stereocenters. The Labute approximate surface area is 176 Å². The van der Waals surface area contributed by atoms with Crippen molar-refractivity contribution >= 4 is 6.21 Å². The first-order valence-electron chi connectivity index (χ1n) is 10.1. The molecule has 0 spiro atoms. The lowest BCUT2D eigenvalue weighted by Crippen LogP contribution is -2.40. The monoisotopic (exact) mass is 409 g/mol.